The van der Waals surface area contributed by atoms with E-state index >= 15 is 0 Å². The van der Waals surface area contributed by atoms with Crippen molar-refractivity contribution in [1.82, 2.24) is 15.2 Å². The van der Waals surface area contributed by atoms with Crippen LogP contribution in [0.4, 0.5) is 0 Å². The first-order valence-corrected chi connectivity index (χ1v) is 7.81. The first-order valence-electron chi connectivity index (χ1n) is 7.81. The smallest absolute Gasteiger partial charge is 0.239 e. The molecule has 0 atom stereocenters. The van der Waals surface area contributed by atoms with Crippen LogP contribution < -0.4 is 10.6 Å². The first kappa shape index (κ1) is 14.1. The molecule has 1 aliphatic rings. The standard InChI is InChI=1S/C17H23N3O/c1-2-18-10-14-5-6-16-15(9-14)7-8-20(16)12-17(21)19-11-13-3-4-13/h5-9,13,18H,2-4,10-12H2,1H3,(H,19,21). The maximum atomic E-state index is 12.0. The molecular formula is C17H23N3O. The number of nitrogens with one attached hydrogen (secondary N) is 2. The van der Waals surface area contributed by atoms with Crippen LogP contribution in [0.25, 0.3) is 10.9 Å². The van der Waals surface area contributed by atoms with Gasteiger partial charge in [-0.3, -0.25) is 4.79 Å². The topological polar surface area (TPSA) is 46.1 Å². The lowest BCUT2D eigenvalue weighted by Gasteiger charge is -2.07. The van der Waals surface area contributed by atoms with Crippen molar-refractivity contribution in [2.24, 2.45) is 5.92 Å². The number of hydrogen-bond donors (Lipinski definition) is 2. The summed E-state index contributed by atoms with van der Waals surface area (Å²) in [6.45, 7) is 5.21. The molecule has 4 heteroatoms. The van der Waals surface area contributed by atoms with Gasteiger partial charge in [0.05, 0.1) is 0 Å². The van der Waals surface area contributed by atoms with E-state index in [2.05, 4.69) is 41.8 Å². The first-order chi connectivity index (χ1) is 10.3. The van der Waals surface area contributed by atoms with Crippen LogP contribution in [0.15, 0.2) is 30.5 Å². The summed E-state index contributed by atoms with van der Waals surface area (Å²) in [5, 5.41) is 7.54. The number of benzene rings is 1. The molecule has 1 aliphatic carbocycles. The second-order valence-corrected chi connectivity index (χ2v) is 5.86. The number of aromatic nitrogens is 1. The molecule has 0 saturated heterocycles. The normalized spacial score (nSPS) is 14.5. The summed E-state index contributed by atoms with van der Waals surface area (Å²) < 4.78 is 2.02. The van der Waals surface area contributed by atoms with Crippen LogP contribution in [0.5, 0.6) is 0 Å². The van der Waals surface area contributed by atoms with Gasteiger partial charge in [-0.1, -0.05) is 13.0 Å². The van der Waals surface area contributed by atoms with Gasteiger partial charge in [0.1, 0.15) is 6.54 Å². The molecule has 1 saturated carbocycles. The molecule has 1 fully saturated rings. The Morgan fingerprint density at radius 2 is 2.19 bits per heavy atom. The van der Waals surface area contributed by atoms with Crippen molar-refractivity contribution in [3.8, 4) is 0 Å². The van der Waals surface area contributed by atoms with Gasteiger partial charge >= 0.3 is 0 Å². The number of hydrogen-bond acceptors (Lipinski definition) is 2. The third kappa shape index (κ3) is 3.64. The molecule has 4 nitrogen and oxygen atoms in total. The molecule has 1 aromatic carbocycles. The minimum absolute atomic E-state index is 0.108. The van der Waals surface area contributed by atoms with E-state index in [0.717, 1.165) is 31.1 Å². The number of rotatable bonds is 7. The Morgan fingerprint density at radius 3 is 2.95 bits per heavy atom. The van der Waals surface area contributed by atoms with Crippen LogP contribution in [0, 0.1) is 5.92 Å². The molecule has 0 spiro atoms. The van der Waals surface area contributed by atoms with Gasteiger partial charge in [-0.05, 0) is 54.5 Å². The van der Waals surface area contributed by atoms with Crippen molar-refractivity contribution in [1.29, 1.82) is 0 Å². The average Bonchev–Trinajstić information content (AvgIpc) is 3.25. The molecular weight excluding hydrogens is 262 g/mol. The third-order valence-electron chi connectivity index (χ3n) is 4.01. The number of amides is 1. The molecule has 0 aliphatic heterocycles. The zero-order valence-corrected chi connectivity index (χ0v) is 12.6. The Bertz CT molecular complexity index is 628. The molecule has 2 aromatic rings. The molecule has 0 radical (unpaired) electrons. The largest absolute Gasteiger partial charge is 0.354 e. The Kier molecular flexibility index (Phi) is 4.25. The number of carbonyl (C=O) groups excluding carboxylic acids is 1. The van der Waals surface area contributed by atoms with Gasteiger partial charge in [-0.25, -0.2) is 0 Å². The lowest BCUT2D eigenvalue weighted by atomic mass is 10.1. The van der Waals surface area contributed by atoms with Gasteiger partial charge in [0.2, 0.25) is 5.91 Å². The maximum Gasteiger partial charge on any atom is 0.239 e. The van der Waals surface area contributed by atoms with Crippen molar-refractivity contribution >= 4 is 16.8 Å². The van der Waals surface area contributed by atoms with E-state index < -0.39 is 0 Å². The highest BCUT2D eigenvalue weighted by Gasteiger charge is 2.21. The highest BCUT2D eigenvalue weighted by molar-refractivity contribution is 5.83. The summed E-state index contributed by atoms with van der Waals surface area (Å²) in [5.74, 6) is 0.833. The molecule has 112 valence electrons. The van der Waals surface area contributed by atoms with Crippen molar-refractivity contribution in [2.45, 2.75) is 32.9 Å². The Labute approximate surface area is 125 Å². The van der Waals surface area contributed by atoms with E-state index in [0.29, 0.717) is 6.54 Å². The van der Waals surface area contributed by atoms with Crippen molar-refractivity contribution in [2.75, 3.05) is 13.1 Å². The second-order valence-electron chi connectivity index (χ2n) is 5.86. The van der Waals surface area contributed by atoms with Crippen molar-refractivity contribution < 1.29 is 4.79 Å². The van der Waals surface area contributed by atoms with E-state index in [9.17, 15) is 4.79 Å². The molecule has 1 amide bonds. The van der Waals surface area contributed by atoms with E-state index in [1.165, 1.54) is 23.8 Å². The highest BCUT2D eigenvalue weighted by Crippen LogP contribution is 2.27. The molecule has 0 unspecified atom stereocenters. The van der Waals surface area contributed by atoms with E-state index in [-0.39, 0.29) is 5.91 Å². The summed E-state index contributed by atoms with van der Waals surface area (Å²) in [6, 6.07) is 8.51. The number of nitrogens with zero attached hydrogens (tertiary/aromatic N) is 1. The molecule has 0 bridgehead atoms. The fraction of sp³-hybridized carbons (Fsp3) is 0.471. The van der Waals surface area contributed by atoms with Gasteiger partial charge in [0.25, 0.3) is 0 Å². The minimum atomic E-state index is 0.108. The second kappa shape index (κ2) is 6.31. The van der Waals surface area contributed by atoms with Gasteiger partial charge in [0, 0.05) is 24.8 Å². The highest BCUT2D eigenvalue weighted by atomic mass is 16.1. The van der Waals surface area contributed by atoms with E-state index in [1.54, 1.807) is 0 Å². The van der Waals surface area contributed by atoms with Crippen LogP contribution >= 0.6 is 0 Å². The van der Waals surface area contributed by atoms with Gasteiger partial charge < -0.3 is 15.2 Å². The summed E-state index contributed by atoms with van der Waals surface area (Å²) >= 11 is 0. The third-order valence-corrected chi connectivity index (χ3v) is 4.01. The molecule has 3 rings (SSSR count). The molecule has 2 N–H and O–H groups in total. The summed E-state index contributed by atoms with van der Waals surface area (Å²) in [5.41, 5.74) is 2.40. The molecule has 1 heterocycles. The monoisotopic (exact) mass is 285 g/mol. The van der Waals surface area contributed by atoms with Crippen LogP contribution in [-0.2, 0) is 17.9 Å². The number of carbonyl (C=O) groups is 1. The summed E-state index contributed by atoms with van der Waals surface area (Å²) in [7, 11) is 0. The van der Waals surface area contributed by atoms with Crippen LogP contribution in [0.1, 0.15) is 25.3 Å². The van der Waals surface area contributed by atoms with E-state index in [1.807, 2.05) is 10.8 Å². The Morgan fingerprint density at radius 1 is 1.33 bits per heavy atom. The summed E-state index contributed by atoms with van der Waals surface area (Å²) in [6.07, 6.45) is 4.53. The zero-order chi connectivity index (χ0) is 14.7. The van der Waals surface area contributed by atoms with Gasteiger partial charge in [-0.2, -0.15) is 0 Å². The van der Waals surface area contributed by atoms with Crippen LogP contribution in [0.2, 0.25) is 0 Å². The van der Waals surface area contributed by atoms with Gasteiger partial charge in [-0.15, -0.1) is 0 Å². The fourth-order valence-electron chi connectivity index (χ4n) is 2.56. The van der Waals surface area contributed by atoms with Crippen LogP contribution in [-0.4, -0.2) is 23.6 Å². The van der Waals surface area contributed by atoms with Gasteiger partial charge in [0.15, 0.2) is 0 Å². The predicted octanol–water partition coefficient (Wildman–Crippen LogP) is 2.28. The molecule has 21 heavy (non-hydrogen) atoms. The van der Waals surface area contributed by atoms with Crippen molar-refractivity contribution in [3.05, 3.63) is 36.0 Å². The van der Waals surface area contributed by atoms with Crippen LogP contribution in [0.3, 0.4) is 0 Å². The predicted molar refractivity (Wildman–Crippen MR) is 85.1 cm³/mol. The Hall–Kier alpha value is -1.81. The lowest BCUT2D eigenvalue weighted by molar-refractivity contribution is -0.121. The lowest BCUT2D eigenvalue weighted by Crippen LogP contribution is -2.29. The SMILES string of the molecule is CCNCc1ccc2c(ccn2CC(=O)NCC2CC2)c1. The average molecular weight is 285 g/mol. The Balaban J connectivity index is 1.66. The molecule has 1 aromatic heterocycles. The summed E-state index contributed by atoms with van der Waals surface area (Å²) in [4.78, 5) is 12.0. The number of fused-ring (bicyclic) bond motifs is 1. The maximum absolute atomic E-state index is 12.0. The fourth-order valence-corrected chi connectivity index (χ4v) is 2.56. The van der Waals surface area contributed by atoms with Crippen molar-refractivity contribution in [3.63, 3.8) is 0 Å². The quantitative estimate of drug-likeness (QED) is 0.820. The minimum Gasteiger partial charge on any atom is -0.354 e. The van der Waals surface area contributed by atoms with E-state index in [4.69, 9.17) is 0 Å². The zero-order valence-electron chi connectivity index (χ0n) is 12.6.